The molecule has 1 unspecified atom stereocenters. The number of nitrogens with zero attached hydrogens (tertiary/aromatic N) is 1. The van der Waals surface area contributed by atoms with E-state index < -0.39 is 0 Å². The fourth-order valence-electron chi connectivity index (χ4n) is 3.38. The lowest BCUT2D eigenvalue weighted by molar-refractivity contribution is -0.120. The van der Waals surface area contributed by atoms with Gasteiger partial charge in [-0.25, -0.2) is 0 Å². The van der Waals surface area contributed by atoms with E-state index in [0.29, 0.717) is 35.4 Å². The van der Waals surface area contributed by atoms with Crippen molar-refractivity contribution in [2.24, 2.45) is 5.92 Å². The first-order valence-corrected chi connectivity index (χ1v) is 11.7. The molecule has 1 aromatic rings. The Hall–Kier alpha value is -1.31. The molecule has 0 bridgehead atoms. The first kappa shape index (κ1) is 23.4. The smallest absolute Gasteiger partial charge is 0.230 e. The molecule has 1 saturated heterocycles. The number of carbonyl (C=O) groups is 2. The molecule has 5 nitrogen and oxygen atoms in total. The lowest BCUT2D eigenvalue weighted by Crippen LogP contribution is -2.47. The molecule has 3 rings (SSSR count). The van der Waals surface area contributed by atoms with Crippen LogP contribution in [0.4, 0.5) is 0 Å². The molecule has 1 aliphatic carbocycles. The highest BCUT2D eigenvalue weighted by atomic mass is 35.5. The third-order valence-corrected chi connectivity index (χ3v) is 6.88. The summed E-state index contributed by atoms with van der Waals surface area (Å²) in [4.78, 5) is 26.9. The van der Waals surface area contributed by atoms with Crippen LogP contribution in [0.3, 0.4) is 0 Å². The minimum Gasteiger partial charge on any atom is -0.374 e. The van der Waals surface area contributed by atoms with Gasteiger partial charge in [0.15, 0.2) is 0 Å². The Bertz CT molecular complexity index is 844. The van der Waals surface area contributed by atoms with Crippen LogP contribution >= 0.6 is 35.0 Å². The Morgan fingerprint density at radius 2 is 2.13 bits per heavy atom. The van der Waals surface area contributed by atoms with E-state index in [1.165, 1.54) is 11.8 Å². The zero-order valence-corrected chi connectivity index (χ0v) is 19.2. The zero-order valence-electron chi connectivity index (χ0n) is 16.9. The van der Waals surface area contributed by atoms with Crippen LogP contribution in [0.5, 0.6) is 0 Å². The van der Waals surface area contributed by atoms with Gasteiger partial charge in [-0.05, 0) is 31.0 Å². The molecule has 30 heavy (non-hydrogen) atoms. The first-order chi connectivity index (χ1) is 14.4. The van der Waals surface area contributed by atoms with E-state index in [1.807, 2.05) is 36.4 Å². The molecular formula is C22H26Cl2N2O3S. The van der Waals surface area contributed by atoms with Crippen molar-refractivity contribution in [2.75, 3.05) is 32.0 Å². The zero-order chi connectivity index (χ0) is 21.5. The minimum atomic E-state index is -0.0411. The molecule has 1 aliphatic heterocycles. The van der Waals surface area contributed by atoms with Gasteiger partial charge in [0.1, 0.15) is 5.78 Å². The molecule has 1 aromatic carbocycles. The van der Waals surface area contributed by atoms with Crippen LogP contribution < -0.4 is 5.32 Å². The largest absolute Gasteiger partial charge is 0.374 e. The van der Waals surface area contributed by atoms with Crippen LogP contribution in [-0.2, 0) is 20.9 Å². The summed E-state index contributed by atoms with van der Waals surface area (Å²) in [6.45, 7) is 5.07. The third kappa shape index (κ3) is 7.13. The van der Waals surface area contributed by atoms with E-state index in [1.54, 1.807) is 6.92 Å². The molecule has 1 N–H and O–H groups in total. The molecule has 1 heterocycles. The molecule has 0 spiro atoms. The number of morpholine rings is 1. The average molecular weight is 469 g/mol. The summed E-state index contributed by atoms with van der Waals surface area (Å²) in [7, 11) is 0. The Kier molecular flexibility index (Phi) is 8.84. The van der Waals surface area contributed by atoms with E-state index in [0.717, 1.165) is 30.1 Å². The summed E-state index contributed by atoms with van der Waals surface area (Å²) in [5, 5.41) is 4.08. The van der Waals surface area contributed by atoms with Gasteiger partial charge in [0.05, 0.1) is 28.5 Å². The number of benzene rings is 1. The molecule has 0 saturated carbocycles. The van der Waals surface area contributed by atoms with E-state index >= 15 is 0 Å². The topological polar surface area (TPSA) is 58.6 Å². The number of Topliss-reactive ketones (excluding diaryl/α,β-unsaturated/α-hetero) is 1. The summed E-state index contributed by atoms with van der Waals surface area (Å²) in [6, 6.07) is 5.68. The van der Waals surface area contributed by atoms with Gasteiger partial charge in [0.2, 0.25) is 5.91 Å². The van der Waals surface area contributed by atoms with Crippen LogP contribution in [0.25, 0.3) is 0 Å². The summed E-state index contributed by atoms with van der Waals surface area (Å²) < 4.78 is 5.80. The Labute approximate surface area is 191 Å². The van der Waals surface area contributed by atoms with Crippen molar-refractivity contribution in [1.29, 1.82) is 0 Å². The van der Waals surface area contributed by atoms with Crippen LogP contribution in [0.1, 0.15) is 18.9 Å². The summed E-state index contributed by atoms with van der Waals surface area (Å²) >= 11 is 13.6. The number of nitrogens with one attached hydrogen (secondary N) is 1. The summed E-state index contributed by atoms with van der Waals surface area (Å²) in [6.07, 6.45) is 6.54. The number of halogens is 2. The van der Waals surface area contributed by atoms with Crippen molar-refractivity contribution in [3.05, 3.63) is 56.9 Å². The second kappa shape index (κ2) is 11.3. The molecular weight excluding hydrogens is 443 g/mol. The fourth-order valence-corrected chi connectivity index (χ4v) is 4.49. The van der Waals surface area contributed by atoms with Crippen molar-refractivity contribution in [2.45, 2.75) is 26.0 Å². The molecule has 1 amide bonds. The lowest BCUT2D eigenvalue weighted by Gasteiger charge is -2.33. The number of hydrogen-bond donors (Lipinski definition) is 1. The van der Waals surface area contributed by atoms with Crippen LogP contribution in [-0.4, -0.2) is 54.7 Å². The fraction of sp³-hybridized carbons (Fsp3) is 0.455. The Morgan fingerprint density at radius 1 is 1.30 bits per heavy atom. The van der Waals surface area contributed by atoms with E-state index in [-0.39, 0.29) is 23.7 Å². The number of rotatable bonds is 8. The van der Waals surface area contributed by atoms with Crippen LogP contribution in [0.15, 0.2) is 41.3 Å². The molecule has 8 heteroatoms. The molecule has 2 aliphatic rings. The van der Waals surface area contributed by atoms with Gasteiger partial charge in [-0.15, -0.1) is 11.8 Å². The van der Waals surface area contributed by atoms with Gasteiger partial charge in [-0.3, -0.25) is 14.5 Å². The van der Waals surface area contributed by atoms with Crippen molar-refractivity contribution < 1.29 is 14.3 Å². The highest BCUT2D eigenvalue weighted by molar-refractivity contribution is 8.03. The monoisotopic (exact) mass is 468 g/mol. The van der Waals surface area contributed by atoms with Gasteiger partial charge in [0.25, 0.3) is 0 Å². The standard InChI is InChI=1S/C22H26Cl2N2O3S/c1-15(27)17-3-5-19(6-4-17)30-14-22(28)25-11-18-13-26(8-9-29-18)12-16-2-7-20(23)21(24)10-16/h2-3,5-7,10,17-18H,4,8-9,11-14H2,1H3,(H,25,28)/t17?,18-/m0/s1. The predicted octanol–water partition coefficient (Wildman–Crippen LogP) is 4.09. The number of allylic oxidation sites excluding steroid dienone is 3. The highest BCUT2D eigenvalue weighted by Gasteiger charge is 2.21. The Morgan fingerprint density at radius 3 is 2.83 bits per heavy atom. The minimum absolute atomic E-state index is 0.0202. The number of ketones is 1. The third-order valence-electron chi connectivity index (χ3n) is 5.10. The highest BCUT2D eigenvalue weighted by Crippen LogP contribution is 2.25. The predicted molar refractivity (Wildman–Crippen MR) is 123 cm³/mol. The lowest BCUT2D eigenvalue weighted by atomic mass is 9.97. The quantitative estimate of drug-likeness (QED) is 0.622. The number of thioether (sulfide) groups is 1. The number of carbonyl (C=O) groups excluding carboxylic acids is 2. The summed E-state index contributed by atoms with van der Waals surface area (Å²) in [5.41, 5.74) is 1.10. The second-order valence-electron chi connectivity index (χ2n) is 7.49. The average Bonchev–Trinajstić information content (AvgIpc) is 2.74. The number of hydrogen-bond acceptors (Lipinski definition) is 5. The van der Waals surface area contributed by atoms with Crippen molar-refractivity contribution >= 4 is 46.7 Å². The molecule has 162 valence electrons. The van der Waals surface area contributed by atoms with Crippen molar-refractivity contribution in [1.82, 2.24) is 10.2 Å². The van der Waals surface area contributed by atoms with Gasteiger partial charge >= 0.3 is 0 Å². The van der Waals surface area contributed by atoms with Crippen molar-refractivity contribution in [3.8, 4) is 0 Å². The molecule has 0 radical (unpaired) electrons. The maximum absolute atomic E-state index is 12.2. The molecule has 0 aromatic heterocycles. The maximum Gasteiger partial charge on any atom is 0.230 e. The number of amides is 1. The van der Waals surface area contributed by atoms with E-state index in [4.69, 9.17) is 27.9 Å². The SMILES string of the molecule is CC(=O)C1C=CC(SCC(=O)NC[C@H]2CN(Cc3ccc(Cl)c(Cl)c3)CCO2)=CC1. The summed E-state index contributed by atoms with van der Waals surface area (Å²) in [5.74, 6) is 0.470. The van der Waals surface area contributed by atoms with Gasteiger partial charge in [-0.2, -0.15) is 0 Å². The van der Waals surface area contributed by atoms with Crippen LogP contribution in [0, 0.1) is 5.92 Å². The van der Waals surface area contributed by atoms with Crippen molar-refractivity contribution in [3.63, 3.8) is 0 Å². The second-order valence-corrected chi connectivity index (χ2v) is 9.35. The number of ether oxygens (including phenoxy) is 1. The van der Waals surface area contributed by atoms with Crippen LogP contribution in [0.2, 0.25) is 10.0 Å². The van der Waals surface area contributed by atoms with Gasteiger partial charge in [-0.1, -0.05) is 47.5 Å². The first-order valence-electron chi connectivity index (χ1n) is 9.97. The Balaban J connectivity index is 1.38. The molecule has 2 atom stereocenters. The normalized spacial score (nSPS) is 21.9. The van der Waals surface area contributed by atoms with Gasteiger partial charge in [0, 0.05) is 37.0 Å². The van der Waals surface area contributed by atoms with E-state index in [9.17, 15) is 9.59 Å². The molecule has 1 fully saturated rings. The maximum atomic E-state index is 12.2. The van der Waals surface area contributed by atoms with Gasteiger partial charge < -0.3 is 10.1 Å². The van der Waals surface area contributed by atoms with E-state index in [2.05, 4.69) is 10.2 Å².